The fraction of sp³-hybridized carbons (Fsp3) is 0.545. The van der Waals surface area contributed by atoms with Gasteiger partial charge in [0.1, 0.15) is 30.2 Å². The first kappa shape index (κ1) is 61.2. The molecule has 5 atom stereocenters. The van der Waals surface area contributed by atoms with Gasteiger partial charge in [-0.05, 0) is 50.0 Å². The average Bonchev–Trinajstić information content (AvgIpc) is 3.12. The Labute approximate surface area is 334 Å². The van der Waals surface area contributed by atoms with Crippen molar-refractivity contribution in [2.24, 2.45) is 62.5 Å². The minimum atomic E-state index is -1.17. The third-order valence-electron chi connectivity index (χ3n) is 6.12. The third kappa shape index (κ3) is 50.0. The number of aliphatic imine (C=N–C) groups is 1. The Morgan fingerprint density at radius 3 is 1.24 bits per heavy atom. The largest absolute Gasteiger partial charge is 0.481 e. The van der Waals surface area contributed by atoms with Gasteiger partial charge in [0.05, 0.1) is 6.54 Å². The van der Waals surface area contributed by atoms with E-state index in [-0.39, 0.29) is 38.2 Å². The maximum atomic E-state index is 10.4. The van der Waals surface area contributed by atoms with E-state index in [4.69, 9.17) is 81.6 Å². The smallest absolute Gasteiger partial charge is 0.320 e. The van der Waals surface area contributed by atoms with Crippen LogP contribution in [0.3, 0.4) is 0 Å². The Hall–Kier alpha value is -5.99. The Kier molecular flexibility index (Phi) is 40.0. The number of amides is 1. The van der Waals surface area contributed by atoms with Crippen molar-refractivity contribution >= 4 is 53.7 Å². The van der Waals surface area contributed by atoms with Crippen molar-refractivity contribution in [1.82, 2.24) is 0 Å². The second-order valence-electron chi connectivity index (χ2n) is 12.0. The van der Waals surface area contributed by atoms with E-state index in [0.29, 0.717) is 38.1 Å². The van der Waals surface area contributed by atoms with Crippen LogP contribution in [-0.4, -0.2) is 133 Å². The third-order valence-corrected chi connectivity index (χ3v) is 6.12. The first-order valence-corrected chi connectivity index (χ1v) is 17.1. The summed E-state index contributed by atoms with van der Waals surface area (Å²) >= 11 is 0. The number of nitrogens with zero attached hydrogens (tertiary/aromatic N) is 1. The van der Waals surface area contributed by atoms with Gasteiger partial charge in [-0.15, -0.1) is 0 Å². The summed E-state index contributed by atoms with van der Waals surface area (Å²) in [5.41, 5.74) is 46.2. The molecule has 25 N–H and O–H groups in total. The zero-order valence-electron chi connectivity index (χ0n) is 32.5. The number of nitrogens with two attached hydrogens (primary N) is 9. The number of primary amides is 1. The van der Waals surface area contributed by atoms with Crippen LogP contribution in [0.15, 0.2) is 35.3 Å². The Balaban J connectivity index is -0.000000197. The van der Waals surface area contributed by atoms with E-state index in [9.17, 15) is 38.4 Å². The minimum Gasteiger partial charge on any atom is -0.481 e. The molecule has 0 aromatic heterocycles. The lowest BCUT2D eigenvalue weighted by Gasteiger charge is -2.07. The highest BCUT2D eigenvalue weighted by Gasteiger charge is 2.14. The molecular formula is C33H62N10O15. The molecule has 0 saturated carbocycles. The van der Waals surface area contributed by atoms with Gasteiger partial charge >= 0.3 is 41.8 Å². The molecule has 1 aromatic carbocycles. The summed E-state index contributed by atoms with van der Waals surface area (Å²) in [5, 5.41) is 57.3. The second kappa shape index (κ2) is 37.9. The molecular weight excluding hydrogens is 776 g/mol. The normalized spacial score (nSPS) is 12.2. The quantitative estimate of drug-likeness (QED) is 0.0344. The number of hydrogen-bond acceptors (Lipinski definition) is 15. The number of aliphatic carboxylic acids is 7. The van der Waals surface area contributed by atoms with Crippen LogP contribution in [0.25, 0.3) is 0 Å². The number of rotatable bonds is 20. The number of carboxylic acids is 7. The molecule has 0 saturated heterocycles. The van der Waals surface area contributed by atoms with E-state index in [1.54, 1.807) is 0 Å². The molecule has 0 fully saturated rings. The van der Waals surface area contributed by atoms with E-state index >= 15 is 0 Å². The van der Waals surface area contributed by atoms with Gasteiger partial charge in [-0.25, -0.2) is 0 Å². The topological polar surface area (TPSA) is 525 Å². The zero-order valence-corrected chi connectivity index (χ0v) is 32.5. The molecule has 0 radical (unpaired) electrons. The van der Waals surface area contributed by atoms with Gasteiger partial charge < -0.3 is 87.3 Å². The summed E-state index contributed by atoms with van der Waals surface area (Å²) in [6.07, 6.45) is 1.79. The molecule has 1 aromatic rings. The van der Waals surface area contributed by atoms with Crippen LogP contribution in [-0.2, 0) is 44.8 Å². The van der Waals surface area contributed by atoms with Crippen molar-refractivity contribution in [1.29, 1.82) is 0 Å². The van der Waals surface area contributed by atoms with Crippen LogP contribution in [0.5, 0.6) is 0 Å². The lowest BCUT2D eigenvalue weighted by Crippen LogP contribution is -2.32. The van der Waals surface area contributed by atoms with Crippen molar-refractivity contribution in [3.8, 4) is 0 Å². The van der Waals surface area contributed by atoms with Crippen molar-refractivity contribution < 1.29 is 74.1 Å². The van der Waals surface area contributed by atoms with Crippen LogP contribution < -0.4 is 51.6 Å². The maximum absolute atomic E-state index is 10.4. The SMILES string of the molecule is CC(C)CC(N)C(=O)O.NC(=O)CCC(N)C(=O)O.NC(CCC(=O)O)C(=O)O.NC(Cc1ccccc1)C(=O)O.NC(N)=NCCCC(N)C(=O)O.NCC(=O)O. The van der Waals surface area contributed by atoms with E-state index < -0.39 is 77.9 Å². The fourth-order valence-electron chi connectivity index (χ4n) is 3.03. The van der Waals surface area contributed by atoms with Crippen LogP contribution >= 0.6 is 0 Å². The molecule has 0 bridgehead atoms. The van der Waals surface area contributed by atoms with Crippen molar-refractivity contribution in [3.63, 3.8) is 0 Å². The molecule has 0 aliphatic heterocycles. The standard InChI is InChI=1S/C9H11NO2.C6H14N4O2.C6H13NO2.C5H10N2O3.C5H9NO4.C2H5NO2/c10-8(9(11)12)6-7-4-2-1-3-5-7;7-4(5(11)12)2-1-3-10-6(8)9;1-4(2)3-5(7)6(8)9;2*6-3(5(9)10)1-2-4(7)8;3-1-2(4)5/h1-5,8H,6,10H2,(H,11,12);4H,1-3,7H2,(H,11,12)(H4,8,9,10);4-5H,3,7H2,1-2H3,(H,8,9);3H,1-2,6H2,(H2,7,8)(H,9,10);3H,1-2,6H2,(H,7,8)(H,9,10);1,3H2,(H,4,5). The molecule has 334 valence electrons. The summed E-state index contributed by atoms with van der Waals surface area (Å²) in [7, 11) is 0. The fourth-order valence-corrected chi connectivity index (χ4v) is 3.03. The highest BCUT2D eigenvalue weighted by atomic mass is 16.4. The van der Waals surface area contributed by atoms with E-state index in [1.165, 1.54) is 0 Å². The molecule has 1 rings (SSSR count). The Morgan fingerprint density at radius 1 is 0.569 bits per heavy atom. The molecule has 25 nitrogen and oxygen atoms in total. The summed E-state index contributed by atoms with van der Waals surface area (Å²) in [4.78, 5) is 83.6. The van der Waals surface area contributed by atoms with Gasteiger partial charge in [0.15, 0.2) is 5.96 Å². The monoisotopic (exact) mass is 838 g/mol. The van der Waals surface area contributed by atoms with Gasteiger partial charge in [-0.3, -0.25) is 43.3 Å². The molecule has 25 heteroatoms. The van der Waals surface area contributed by atoms with Gasteiger partial charge in [0, 0.05) is 19.4 Å². The highest BCUT2D eigenvalue weighted by Crippen LogP contribution is 2.02. The van der Waals surface area contributed by atoms with Crippen molar-refractivity contribution in [2.45, 2.75) is 95.4 Å². The maximum Gasteiger partial charge on any atom is 0.320 e. The van der Waals surface area contributed by atoms with Crippen LogP contribution in [0, 0.1) is 5.92 Å². The molecule has 58 heavy (non-hydrogen) atoms. The average molecular weight is 839 g/mol. The van der Waals surface area contributed by atoms with Gasteiger partial charge in [-0.1, -0.05) is 44.2 Å². The second-order valence-corrected chi connectivity index (χ2v) is 12.0. The molecule has 5 unspecified atom stereocenters. The number of hydrogen-bond donors (Lipinski definition) is 16. The first-order chi connectivity index (χ1) is 26.6. The van der Waals surface area contributed by atoms with Crippen molar-refractivity contribution in [3.05, 3.63) is 35.9 Å². The predicted octanol–water partition coefficient (Wildman–Crippen LogP) is -3.51. The number of carbonyl (C=O) groups excluding carboxylic acids is 1. The summed E-state index contributed by atoms with van der Waals surface area (Å²) in [6, 6.07) is 5.00. The number of guanidine groups is 1. The summed E-state index contributed by atoms with van der Waals surface area (Å²) in [5.74, 6) is -7.31. The molecule has 0 aliphatic rings. The Bertz CT molecular complexity index is 1350. The van der Waals surface area contributed by atoms with Crippen LogP contribution in [0.4, 0.5) is 0 Å². The number of benzene rings is 1. The Morgan fingerprint density at radius 2 is 0.948 bits per heavy atom. The summed E-state index contributed by atoms with van der Waals surface area (Å²) in [6.45, 7) is 4.04. The number of carbonyl (C=O) groups is 8. The summed E-state index contributed by atoms with van der Waals surface area (Å²) < 4.78 is 0. The molecule has 0 aliphatic carbocycles. The number of carboxylic acid groups (broad SMARTS) is 7. The first-order valence-electron chi connectivity index (χ1n) is 17.1. The van der Waals surface area contributed by atoms with Crippen LogP contribution in [0.1, 0.15) is 64.4 Å². The lowest BCUT2D eigenvalue weighted by molar-refractivity contribution is -0.141. The zero-order chi connectivity index (χ0) is 46.6. The lowest BCUT2D eigenvalue weighted by atomic mass is 10.1. The van der Waals surface area contributed by atoms with E-state index in [2.05, 4.69) is 10.7 Å². The van der Waals surface area contributed by atoms with Gasteiger partial charge in [-0.2, -0.15) is 0 Å². The van der Waals surface area contributed by atoms with E-state index in [1.807, 2.05) is 44.2 Å². The molecule has 0 spiro atoms. The van der Waals surface area contributed by atoms with Gasteiger partial charge in [0.2, 0.25) is 5.91 Å². The molecule has 1 amide bonds. The van der Waals surface area contributed by atoms with Crippen molar-refractivity contribution in [2.75, 3.05) is 13.1 Å². The van der Waals surface area contributed by atoms with E-state index in [0.717, 1.165) is 5.56 Å². The minimum absolute atomic E-state index is 0.0129. The predicted molar refractivity (Wildman–Crippen MR) is 210 cm³/mol. The highest BCUT2D eigenvalue weighted by molar-refractivity contribution is 5.77. The van der Waals surface area contributed by atoms with Crippen LogP contribution in [0.2, 0.25) is 0 Å². The van der Waals surface area contributed by atoms with Gasteiger partial charge in [0.25, 0.3) is 0 Å². The molecule has 0 heterocycles.